The van der Waals surface area contributed by atoms with Crippen molar-refractivity contribution in [2.24, 2.45) is 0 Å². The van der Waals surface area contributed by atoms with Crippen LogP contribution in [0.15, 0.2) is 12.7 Å². The fourth-order valence-electron chi connectivity index (χ4n) is 1.73. The Morgan fingerprint density at radius 2 is 2.33 bits per heavy atom. The van der Waals surface area contributed by atoms with Gasteiger partial charge in [-0.1, -0.05) is 6.08 Å². The molecule has 2 fully saturated rings. The molecule has 0 aliphatic carbocycles. The van der Waals surface area contributed by atoms with Gasteiger partial charge in [0.05, 0.1) is 0 Å². The molecule has 2 saturated heterocycles. The zero-order valence-electron chi connectivity index (χ0n) is 6.58. The lowest BCUT2D eigenvalue weighted by atomic mass is 9.98. The second-order valence-corrected chi connectivity index (χ2v) is 3.01. The molecule has 2 aliphatic heterocycles. The molecule has 4 heteroatoms. The lowest BCUT2D eigenvalue weighted by molar-refractivity contribution is -0.141. The van der Waals surface area contributed by atoms with Crippen molar-refractivity contribution < 1.29 is 14.3 Å². The Morgan fingerprint density at radius 3 is 2.92 bits per heavy atom. The summed E-state index contributed by atoms with van der Waals surface area (Å²) in [5, 5.41) is 0. The third-order valence-electron chi connectivity index (χ3n) is 2.52. The van der Waals surface area contributed by atoms with Gasteiger partial charge in [0.15, 0.2) is 12.3 Å². The van der Waals surface area contributed by atoms with Gasteiger partial charge in [-0.3, -0.25) is 9.69 Å². The highest BCUT2D eigenvalue weighted by Crippen LogP contribution is 2.36. The van der Waals surface area contributed by atoms with Gasteiger partial charge in [0, 0.05) is 6.42 Å². The van der Waals surface area contributed by atoms with E-state index in [1.807, 2.05) is 0 Å². The standard InChI is InChI=1S/C8H9NO3/c1-2-8-4-3-6(10)9(8)5-12-7(8)11/h2H,1,3-5H2. The van der Waals surface area contributed by atoms with E-state index in [0.717, 1.165) is 0 Å². The van der Waals surface area contributed by atoms with Crippen molar-refractivity contribution in [3.05, 3.63) is 12.7 Å². The smallest absolute Gasteiger partial charge is 0.337 e. The number of hydrogen-bond donors (Lipinski definition) is 0. The molecule has 2 aliphatic rings. The summed E-state index contributed by atoms with van der Waals surface area (Å²) in [6.45, 7) is 3.65. The minimum absolute atomic E-state index is 0.0271. The van der Waals surface area contributed by atoms with Crippen molar-refractivity contribution in [2.75, 3.05) is 6.73 Å². The number of carbonyl (C=O) groups excluding carboxylic acids is 2. The van der Waals surface area contributed by atoms with Gasteiger partial charge in [-0.25, -0.2) is 4.79 Å². The lowest BCUT2D eigenvalue weighted by Gasteiger charge is -2.21. The largest absolute Gasteiger partial charge is 0.442 e. The molecule has 4 nitrogen and oxygen atoms in total. The summed E-state index contributed by atoms with van der Waals surface area (Å²) in [5.74, 6) is -0.371. The van der Waals surface area contributed by atoms with E-state index in [0.29, 0.717) is 12.8 Å². The number of hydrogen-bond acceptors (Lipinski definition) is 3. The van der Waals surface area contributed by atoms with Crippen LogP contribution < -0.4 is 0 Å². The second kappa shape index (κ2) is 2.09. The molecular weight excluding hydrogens is 158 g/mol. The molecule has 64 valence electrons. The van der Waals surface area contributed by atoms with Gasteiger partial charge in [0.25, 0.3) is 0 Å². The SMILES string of the molecule is C=CC12CCC(=O)N1COC2=O. The third kappa shape index (κ3) is 0.622. The molecule has 0 aromatic heterocycles. The van der Waals surface area contributed by atoms with Gasteiger partial charge in [0.1, 0.15) is 0 Å². The maximum atomic E-state index is 11.3. The van der Waals surface area contributed by atoms with Crippen LogP contribution in [-0.2, 0) is 14.3 Å². The van der Waals surface area contributed by atoms with E-state index in [-0.39, 0.29) is 18.6 Å². The van der Waals surface area contributed by atoms with Gasteiger partial charge < -0.3 is 4.74 Å². The average Bonchev–Trinajstić information content (AvgIpc) is 2.55. The Balaban J connectivity index is 2.43. The summed E-state index contributed by atoms with van der Waals surface area (Å²) in [7, 11) is 0. The number of amides is 1. The monoisotopic (exact) mass is 167 g/mol. The predicted octanol–water partition coefficient (Wildman–Crippen LogP) is 0.0479. The lowest BCUT2D eigenvalue weighted by Crippen LogP contribution is -2.42. The maximum absolute atomic E-state index is 11.3. The molecule has 1 atom stereocenters. The van der Waals surface area contributed by atoms with Gasteiger partial charge in [0.2, 0.25) is 5.91 Å². The Labute approximate surface area is 69.8 Å². The molecule has 0 radical (unpaired) electrons. The molecule has 0 aromatic rings. The number of ether oxygens (including phenoxy) is 1. The van der Waals surface area contributed by atoms with Crippen molar-refractivity contribution in [3.8, 4) is 0 Å². The van der Waals surface area contributed by atoms with Crippen LogP contribution in [0.3, 0.4) is 0 Å². The van der Waals surface area contributed by atoms with Crippen molar-refractivity contribution in [1.82, 2.24) is 4.90 Å². The number of fused-ring (bicyclic) bond motifs is 1. The summed E-state index contributed by atoms with van der Waals surface area (Å²) < 4.78 is 4.78. The first-order chi connectivity index (χ1) is 5.70. The molecule has 0 N–H and O–H groups in total. The van der Waals surface area contributed by atoms with Crippen LogP contribution >= 0.6 is 0 Å². The van der Waals surface area contributed by atoms with E-state index in [9.17, 15) is 9.59 Å². The van der Waals surface area contributed by atoms with E-state index in [1.165, 1.54) is 11.0 Å². The quantitative estimate of drug-likeness (QED) is 0.409. The summed E-state index contributed by atoms with van der Waals surface area (Å²) in [6.07, 6.45) is 2.43. The van der Waals surface area contributed by atoms with Crippen LogP contribution in [0.4, 0.5) is 0 Å². The molecule has 2 rings (SSSR count). The second-order valence-electron chi connectivity index (χ2n) is 3.01. The van der Waals surface area contributed by atoms with Crippen molar-refractivity contribution in [2.45, 2.75) is 18.4 Å². The van der Waals surface area contributed by atoms with E-state index >= 15 is 0 Å². The Bertz CT molecular complexity index is 273. The molecule has 1 unspecified atom stereocenters. The molecule has 0 bridgehead atoms. The van der Waals surface area contributed by atoms with Crippen molar-refractivity contribution >= 4 is 11.9 Å². The number of cyclic esters (lactones) is 1. The van der Waals surface area contributed by atoms with E-state index in [4.69, 9.17) is 4.74 Å². The Kier molecular flexibility index (Phi) is 1.28. The fourth-order valence-corrected chi connectivity index (χ4v) is 1.73. The molecule has 1 amide bonds. The maximum Gasteiger partial charge on any atom is 0.337 e. The normalized spacial score (nSPS) is 33.5. The van der Waals surface area contributed by atoms with E-state index < -0.39 is 5.54 Å². The first-order valence-electron chi connectivity index (χ1n) is 3.82. The number of rotatable bonds is 1. The predicted molar refractivity (Wildman–Crippen MR) is 40.0 cm³/mol. The first kappa shape index (κ1) is 7.34. The minimum Gasteiger partial charge on any atom is -0.442 e. The minimum atomic E-state index is -0.836. The molecule has 2 heterocycles. The molecule has 0 spiro atoms. The van der Waals surface area contributed by atoms with Gasteiger partial charge in [-0.2, -0.15) is 0 Å². The summed E-state index contributed by atoms with van der Waals surface area (Å²) in [6, 6.07) is 0. The number of esters is 1. The van der Waals surface area contributed by atoms with E-state index in [2.05, 4.69) is 6.58 Å². The van der Waals surface area contributed by atoms with Gasteiger partial charge in [-0.15, -0.1) is 6.58 Å². The van der Waals surface area contributed by atoms with Crippen LogP contribution in [-0.4, -0.2) is 29.0 Å². The number of nitrogens with zero attached hydrogens (tertiary/aromatic N) is 1. The fraction of sp³-hybridized carbons (Fsp3) is 0.500. The summed E-state index contributed by atoms with van der Waals surface area (Å²) >= 11 is 0. The Hall–Kier alpha value is -1.32. The summed E-state index contributed by atoms with van der Waals surface area (Å²) in [4.78, 5) is 23.9. The first-order valence-corrected chi connectivity index (χ1v) is 3.82. The van der Waals surface area contributed by atoms with Crippen LogP contribution in [0, 0.1) is 0 Å². The topological polar surface area (TPSA) is 46.6 Å². The average molecular weight is 167 g/mol. The van der Waals surface area contributed by atoms with Crippen molar-refractivity contribution in [3.63, 3.8) is 0 Å². The molecule has 0 saturated carbocycles. The van der Waals surface area contributed by atoms with E-state index in [1.54, 1.807) is 0 Å². The molecule has 12 heavy (non-hydrogen) atoms. The van der Waals surface area contributed by atoms with Gasteiger partial charge >= 0.3 is 5.97 Å². The highest BCUT2D eigenvalue weighted by molar-refractivity contribution is 5.95. The highest BCUT2D eigenvalue weighted by Gasteiger charge is 2.54. The van der Waals surface area contributed by atoms with Crippen LogP contribution in [0.1, 0.15) is 12.8 Å². The number of carbonyl (C=O) groups is 2. The van der Waals surface area contributed by atoms with Crippen LogP contribution in [0.2, 0.25) is 0 Å². The van der Waals surface area contributed by atoms with Crippen molar-refractivity contribution in [1.29, 1.82) is 0 Å². The van der Waals surface area contributed by atoms with Gasteiger partial charge in [-0.05, 0) is 6.42 Å². The zero-order chi connectivity index (χ0) is 8.77. The Morgan fingerprint density at radius 1 is 1.58 bits per heavy atom. The molecule has 0 aromatic carbocycles. The third-order valence-corrected chi connectivity index (χ3v) is 2.52. The summed E-state index contributed by atoms with van der Waals surface area (Å²) in [5.41, 5.74) is -0.836. The van der Waals surface area contributed by atoms with Crippen LogP contribution in [0.5, 0.6) is 0 Å². The highest BCUT2D eigenvalue weighted by atomic mass is 16.6. The molecular formula is C8H9NO3. The zero-order valence-corrected chi connectivity index (χ0v) is 6.58. The van der Waals surface area contributed by atoms with Crippen LogP contribution in [0.25, 0.3) is 0 Å².